The highest BCUT2D eigenvalue weighted by atomic mass is 28.3. The van der Waals surface area contributed by atoms with Gasteiger partial charge in [0.25, 0.3) is 0 Å². The van der Waals surface area contributed by atoms with Crippen LogP contribution in [0.15, 0.2) is 24.3 Å². The molecule has 0 unspecified atom stereocenters. The standard InChI is InChI=1S/C19H24O4Si/c1-20-15-7-12-11-24(5,6)19-10-18(23-4)17(22-3)9-14(19)13(12)8-16(15)21-2/h7-10H,11H2,1-6H3. The summed E-state index contributed by atoms with van der Waals surface area (Å²) in [6.07, 6.45) is 0. The van der Waals surface area contributed by atoms with Crippen LogP contribution in [0.4, 0.5) is 0 Å². The Balaban J connectivity index is 2.30. The van der Waals surface area contributed by atoms with Gasteiger partial charge < -0.3 is 18.9 Å². The Hall–Kier alpha value is -2.14. The quantitative estimate of drug-likeness (QED) is 0.797. The maximum absolute atomic E-state index is 5.52. The molecule has 2 aromatic rings. The van der Waals surface area contributed by atoms with Crippen molar-refractivity contribution in [3.05, 3.63) is 29.8 Å². The third kappa shape index (κ3) is 2.53. The maximum atomic E-state index is 5.52. The fourth-order valence-electron chi connectivity index (χ4n) is 3.55. The highest BCUT2D eigenvalue weighted by Crippen LogP contribution is 2.42. The van der Waals surface area contributed by atoms with Crippen LogP contribution < -0.4 is 24.1 Å². The maximum Gasteiger partial charge on any atom is 0.161 e. The van der Waals surface area contributed by atoms with Crippen LogP contribution in [0.25, 0.3) is 11.1 Å². The van der Waals surface area contributed by atoms with E-state index in [4.69, 9.17) is 18.9 Å². The summed E-state index contributed by atoms with van der Waals surface area (Å²) >= 11 is 0. The third-order valence-electron chi connectivity index (χ3n) is 4.78. The van der Waals surface area contributed by atoms with Gasteiger partial charge in [-0.2, -0.15) is 0 Å². The van der Waals surface area contributed by atoms with E-state index in [1.54, 1.807) is 28.4 Å². The zero-order chi connectivity index (χ0) is 17.5. The van der Waals surface area contributed by atoms with Crippen molar-refractivity contribution >= 4 is 13.3 Å². The first-order valence-corrected chi connectivity index (χ1v) is 11.2. The first-order chi connectivity index (χ1) is 11.4. The minimum absolute atomic E-state index is 0.748. The van der Waals surface area contributed by atoms with Gasteiger partial charge in [-0.15, -0.1) is 0 Å². The van der Waals surface area contributed by atoms with Crippen LogP contribution >= 0.6 is 0 Å². The number of hydrogen-bond donors (Lipinski definition) is 0. The lowest BCUT2D eigenvalue weighted by atomic mass is 9.98. The van der Waals surface area contributed by atoms with Crippen molar-refractivity contribution in [2.45, 2.75) is 19.1 Å². The second kappa shape index (κ2) is 6.05. The van der Waals surface area contributed by atoms with Crippen molar-refractivity contribution in [1.82, 2.24) is 0 Å². The third-order valence-corrected chi connectivity index (χ3v) is 7.92. The smallest absolute Gasteiger partial charge is 0.161 e. The predicted octanol–water partition coefficient (Wildman–Crippen LogP) is 3.40. The SMILES string of the molecule is COc1cc2c(cc1OC)-c1cc(OC)c(OC)cc1[Si](C)(C)C2. The fourth-order valence-corrected chi connectivity index (χ4v) is 6.44. The van der Waals surface area contributed by atoms with E-state index in [0.29, 0.717) is 0 Å². The Labute approximate surface area is 144 Å². The summed E-state index contributed by atoms with van der Waals surface area (Å²) < 4.78 is 22.0. The van der Waals surface area contributed by atoms with Crippen LogP contribution in [-0.4, -0.2) is 36.5 Å². The molecule has 0 bridgehead atoms. The molecule has 0 fully saturated rings. The lowest BCUT2D eigenvalue weighted by molar-refractivity contribution is 0.354. The lowest BCUT2D eigenvalue weighted by Gasteiger charge is -2.33. The van der Waals surface area contributed by atoms with Crippen molar-refractivity contribution in [3.8, 4) is 34.1 Å². The summed E-state index contributed by atoms with van der Waals surface area (Å²) in [5, 5.41) is 1.39. The molecule has 1 aliphatic rings. The van der Waals surface area contributed by atoms with Crippen LogP contribution in [0.3, 0.4) is 0 Å². The van der Waals surface area contributed by atoms with E-state index in [2.05, 4.69) is 37.4 Å². The normalized spacial score (nSPS) is 14.4. The Morgan fingerprint density at radius 1 is 0.667 bits per heavy atom. The number of rotatable bonds is 4. The summed E-state index contributed by atoms with van der Waals surface area (Å²) in [5.74, 6) is 3.08. The molecular formula is C19H24O4Si. The first kappa shape index (κ1) is 16.7. The zero-order valence-corrected chi connectivity index (χ0v) is 16.1. The molecule has 0 radical (unpaired) electrons. The zero-order valence-electron chi connectivity index (χ0n) is 15.1. The van der Waals surface area contributed by atoms with Gasteiger partial charge in [-0.05, 0) is 52.2 Å². The minimum Gasteiger partial charge on any atom is -0.493 e. The number of hydrogen-bond acceptors (Lipinski definition) is 4. The summed E-state index contributed by atoms with van der Waals surface area (Å²) in [6, 6.07) is 9.49. The average molecular weight is 344 g/mol. The Morgan fingerprint density at radius 3 is 1.67 bits per heavy atom. The molecule has 2 aromatic carbocycles. The van der Waals surface area contributed by atoms with Gasteiger partial charge in [0.2, 0.25) is 0 Å². The summed E-state index contributed by atoms with van der Waals surface area (Å²) in [6.45, 7) is 4.77. The second-order valence-electron chi connectivity index (χ2n) is 6.68. The molecule has 0 aromatic heterocycles. The molecule has 0 spiro atoms. The van der Waals surface area contributed by atoms with E-state index in [-0.39, 0.29) is 0 Å². The molecule has 0 saturated heterocycles. The van der Waals surface area contributed by atoms with Crippen molar-refractivity contribution in [3.63, 3.8) is 0 Å². The van der Waals surface area contributed by atoms with Crippen LogP contribution in [-0.2, 0) is 6.04 Å². The Morgan fingerprint density at radius 2 is 1.12 bits per heavy atom. The van der Waals surface area contributed by atoms with E-state index in [1.807, 2.05) is 0 Å². The molecule has 5 heteroatoms. The summed E-state index contributed by atoms with van der Waals surface area (Å²) in [4.78, 5) is 0. The van der Waals surface area contributed by atoms with Gasteiger partial charge in [-0.25, -0.2) is 0 Å². The predicted molar refractivity (Wildman–Crippen MR) is 98.9 cm³/mol. The molecule has 3 rings (SSSR count). The molecule has 0 aliphatic carbocycles. The van der Waals surface area contributed by atoms with Crippen LogP contribution in [0.1, 0.15) is 5.56 Å². The molecule has 0 amide bonds. The largest absolute Gasteiger partial charge is 0.493 e. The molecule has 0 atom stereocenters. The van der Waals surface area contributed by atoms with Gasteiger partial charge in [-0.3, -0.25) is 0 Å². The number of fused-ring (bicyclic) bond motifs is 3. The second-order valence-corrected chi connectivity index (χ2v) is 11.3. The molecule has 4 nitrogen and oxygen atoms in total. The molecule has 128 valence electrons. The van der Waals surface area contributed by atoms with Gasteiger partial charge in [-0.1, -0.05) is 13.1 Å². The van der Waals surface area contributed by atoms with Crippen LogP contribution in [0.2, 0.25) is 13.1 Å². The van der Waals surface area contributed by atoms with Crippen molar-refractivity contribution in [2.24, 2.45) is 0 Å². The molecule has 0 N–H and O–H groups in total. The number of ether oxygens (including phenoxy) is 4. The van der Waals surface area contributed by atoms with E-state index in [1.165, 1.54) is 21.9 Å². The monoisotopic (exact) mass is 344 g/mol. The van der Waals surface area contributed by atoms with Crippen molar-refractivity contribution < 1.29 is 18.9 Å². The summed E-state index contributed by atoms with van der Waals surface area (Å²) in [7, 11) is 5.06. The van der Waals surface area contributed by atoms with Crippen molar-refractivity contribution in [1.29, 1.82) is 0 Å². The highest BCUT2D eigenvalue weighted by molar-refractivity contribution is 6.90. The molecule has 24 heavy (non-hydrogen) atoms. The van der Waals surface area contributed by atoms with E-state index in [9.17, 15) is 0 Å². The van der Waals surface area contributed by atoms with Gasteiger partial charge in [0.15, 0.2) is 23.0 Å². The van der Waals surface area contributed by atoms with Gasteiger partial charge in [0.05, 0.1) is 36.5 Å². The fraction of sp³-hybridized carbons (Fsp3) is 0.368. The molecule has 1 heterocycles. The Kier molecular flexibility index (Phi) is 4.21. The summed E-state index contributed by atoms with van der Waals surface area (Å²) in [5.41, 5.74) is 3.71. The Bertz CT molecular complexity index is 783. The van der Waals surface area contributed by atoms with Gasteiger partial charge in [0, 0.05) is 0 Å². The van der Waals surface area contributed by atoms with Gasteiger partial charge >= 0.3 is 0 Å². The minimum atomic E-state index is -1.64. The molecular weight excluding hydrogens is 320 g/mol. The van der Waals surface area contributed by atoms with Crippen LogP contribution in [0, 0.1) is 0 Å². The van der Waals surface area contributed by atoms with Gasteiger partial charge in [0.1, 0.15) is 0 Å². The van der Waals surface area contributed by atoms with E-state index < -0.39 is 8.07 Å². The van der Waals surface area contributed by atoms with Crippen molar-refractivity contribution in [2.75, 3.05) is 28.4 Å². The molecule has 0 saturated carbocycles. The lowest BCUT2D eigenvalue weighted by Crippen LogP contribution is -2.47. The number of benzene rings is 2. The average Bonchev–Trinajstić information content (AvgIpc) is 2.59. The van der Waals surface area contributed by atoms with E-state index >= 15 is 0 Å². The van der Waals surface area contributed by atoms with Crippen LogP contribution in [0.5, 0.6) is 23.0 Å². The number of methoxy groups -OCH3 is 4. The topological polar surface area (TPSA) is 36.9 Å². The highest BCUT2D eigenvalue weighted by Gasteiger charge is 2.35. The van der Waals surface area contributed by atoms with E-state index in [0.717, 1.165) is 29.0 Å². The first-order valence-electron chi connectivity index (χ1n) is 7.97. The molecule has 1 aliphatic heterocycles.